The quantitative estimate of drug-likeness (QED) is 0.639. The van der Waals surface area contributed by atoms with Crippen LogP contribution in [-0.2, 0) is 18.4 Å². The Balaban J connectivity index is 2.36. The Hall–Kier alpha value is -3.81. The van der Waals surface area contributed by atoms with Crippen molar-refractivity contribution in [1.29, 1.82) is 0 Å². The molecule has 0 aliphatic rings. The highest BCUT2D eigenvalue weighted by Crippen LogP contribution is 2.32. The van der Waals surface area contributed by atoms with Gasteiger partial charge in [-0.25, -0.2) is 9.79 Å². The first-order valence-electron chi connectivity index (χ1n) is 10.0. The first-order valence-corrected chi connectivity index (χ1v) is 10.0. The zero-order valence-electron chi connectivity index (χ0n) is 19.1. The van der Waals surface area contributed by atoms with E-state index in [1.165, 1.54) is 23.4 Å². The fourth-order valence-corrected chi connectivity index (χ4v) is 3.77. The number of benzene rings is 2. The van der Waals surface area contributed by atoms with Crippen molar-refractivity contribution < 1.29 is 19.4 Å². The first kappa shape index (κ1) is 22.9. The summed E-state index contributed by atoms with van der Waals surface area (Å²) in [5.41, 5.74) is 4.84. The van der Waals surface area contributed by atoms with Crippen LogP contribution in [0.4, 0.5) is 5.69 Å². The molecule has 1 heterocycles. The third-order valence-corrected chi connectivity index (χ3v) is 5.25. The molecule has 0 saturated heterocycles. The van der Waals surface area contributed by atoms with Crippen LogP contribution in [0, 0.1) is 20.8 Å². The van der Waals surface area contributed by atoms with E-state index in [0.29, 0.717) is 28.2 Å². The summed E-state index contributed by atoms with van der Waals surface area (Å²) < 4.78 is 13.2. The molecule has 8 heteroatoms. The maximum atomic E-state index is 13.2. The second kappa shape index (κ2) is 9.13. The van der Waals surface area contributed by atoms with E-state index in [9.17, 15) is 14.7 Å². The van der Waals surface area contributed by atoms with Crippen LogP contribution in [0.5, 0.6) is 11.5 Å². The minimum atomic E-state index is -1.12. The number of hydrogen-bond acceptors (Lipinski definition) is 5. The van der Waals surface area contributed by atoms with Crippen molar-refractivity contribution in [3.63, 3.8) is 0 Å². The van der Waals surface area contributed by atoms with Crippen LogP contribution < -0.4 is 20.7 Å². The second-order valence-electron chi connectivity index (χ2n) is 7.64. The number of carboxylic acid groups (broad SMARTS) is 1. The summed E-state index contributed by atoms with van der Waals surface area (Å²) >= 11 is 0. The van der Waals surface area contributed by atoms with Crippen molar-refractivity contribution >= 4 is 11.7 Å². The SMILES string of the molecule is COc1ccc(-c2cc(=Nc3c(C)cc(C)cc3C)n(C)c(=O)n2CC(=O)O)cc1OC. The molecule has 0 bridgehead atoms. The van der Waals surface area contributed by atoms with Crippen molar-refractivity contribution in [2.75, 3.05) is 14.2 Å². The highest BCUT2D eigenvalue weighted by atomic mass is 16.5. The first-order chi connectivity index (χ1) is 15.2. The van der Waals surface area contributed by atoms with Gasteiger partial charge in [-0.15, -0.1) is 0 Å². The molecule has 0 amide bonds. The van der Waals surface area contributed by atoms with Crippen LogP contribution in [0.3, 0.4) is 0 Å². The fourth-order valence-electron chi connectivity index (χ4n) is 3.77. The van der Waals surface area contributed by atoms with Crippen molar-refractivity contribution in [2.24, 2.45) is 12.0 Å². The molecule has 3 rings (SSSR count). The molecule has 1 aromatic heterocycles. The normalized spacial score (nSPS) is 11.5. The van der Waals surface area contributed by atoms with E-state index in [1.54, 1.807) is 31.3 Å². The van der Waals surface area contributed by atoms with E-state index in [4.69, 9.17) is 14.5 Å². The van der Waals surface area contributed by atoms with Gasteiger partial charge in [0.1, 0.15) is 12.0 Å². The zero-order chi connectivity index (χ0) is 23.6. The molecule has 0 fully saturated rings. The average Bonchev–Trinajstić information content (AvgIpc) is 2.74. The molecular weight excluding hydrogens is 410 g/mol. The molecule has 0 aliphatic carbocycles. The minimum absolute atomic E-state index is 0.413. The van der Waals surface area contributed by atoms with Crippen LogP contribution in [0.25, 0.3) is 11.3 Å². The molecule has 0 spiro atoms. The average molecular weight is 437 g/mol. The summed E-state index contributed by atoms with van der Waals surface area (Å²) in [7, 11) is 4.63. The number of methoxy groups -OCH3 is 2. The van der Waals surface area contributed by atoms with Gasteiger partial charge in [-0.1, -0.05) is 17.7 Å². The monoisotopic (exact) mass is 437 g/mol. The zero-order valence-corrected chi connectivity index (χ0v) is 19.1. The van der Waals surface area contributed by atoms with Gasteiger partial charge in [0.15, 0.2) is 11.5 Å². The molecule has 0 unspecified atom stereocenters. The summed E-state index contributed by atoms with van der Waals surface area (Å²) in [5, 5.41) is 9.40. The van der Waals surface area contributed by atoms with Gasteiger partial charge in [0.2, 0.25) is 0 Å². The van der Waals surface area contributed by atoms with Gasteiger partial charge in [0.05, 0.1) is 25.6 Å². The van der Waals surface area contributed by atoms with Gasteiger partial charge < -0.3 is 14.6 Å². The number of rotatable bonds is 6. The van der Waals surface area contributed by atoms with Gasteiger partial charge in [0, 0.05) is 18.7 Å². The Bertz CT molecular complexity index is 1300. The molecule has 0 saturated carbocycles. The maximum Gasteiger partial charge on any atom is 0.330 e. The Morgan fingerprint density at radius 2 is 1.62 bits per heavy atom. The second-order valence-corrected chi connectivity index (χ2v) is 7.64. The highest BCUT2D eigenvalue weighted by Gasteiger charge is 2.16. The van der Waals surface area contributed by atoms with Crippen LogP contribution in [-0.4, -0.2) is 34.4 Å². The number of aliphatic carboxylic acids is 1. The van der Waals surface area contributed by atoms with Gasteiger partial charge in [0.25, 0.3) is 0 Å². The van der Waals surface area contributed by atoms with E-state index in [2.05, 4.69) is 0 Å². The van der Waals surface area contributed by atoms with Gasteiger partial charge in [-0.2, -0.15) is 0 Å². The van der Waals surface area contributed by atoms with Crippen LogP contribution in [0.2, 0.25) is 0 Å². The lowest BCUT2D eigenvalue weighted by Gasteiger charge is -2.16. The molecule has 0 atom stereocenters. The lowest BCUT2D eigenvalue weighted by molar-refractivity contribution is -0.137. The largest absolute Gasteiger partial charge is 0.493 e. The smallest absolute Gasteiger partial charge is 0.330 e. The summed E-state index contributed by atoms with van der Waals surface area (Å²) in [6, 6.07) is 10.9. The van der Waals surface area contributed by atoms with Crippen LogP contribution in [0.1, 0.15) is 16.7 Å². The number of carbonyl (C=O) groups is 1. The maximum absolute atomic E-state index is 13.2. The van der Waals surface area contributed by atoms with E-state index in [1.807, 2.05) is 32.9 Å². The standard InChI is InChI=1S/C24H27N3O5/c1-14-9-15(2)23(16(3)10-14)25-21-12-18(27(13-22(28)29)24(30)26(21)4)17-7-8-19(31-5)20(11-17)32-6/h7-12H,13H2,1-6H3,(H,28,29). The summed E-state index contributed by atoms with van der Waals surface area (Å²) in [6.07, 6.45) is 0. The van der Waals surface area contributed by atoms with Crippen molar-refractivity contribution in [3.8, 4) is 22.8 Å². The third-order valence-electron chi connectivity index (χ3n) is 5.25. The summed E-state index contributed by atoms with van der Waals surface area (Å²) in [6.45, 7) is 5.48. The van der Waals surface area contributed by atoms with Crippen molar-refractivity contribution in [1.82, 2.24) is 9.13 Å². The van der Waals surface area contributed by atoms with E-state index >= 15 is 0 Å². The fraction of sp³-hybridized carbons (Fsp3) is 0.292. The predicted octanol–water partition coefficient (Wildman–Crippen LogP) is 3.11. The molecule has 168 valence electrons. The van der Waals surface area contributed by atoms with Crippen molar-refractivity contribution in [3.05, 3.63) is 69.1 Å². The van der Waals surface area contributed by atoms with Gasteiger partial charge >= 0.3 is 11.7 Å². The number of nitrogens with zero attached hydrogens (tertiary/aromatic N) is 3. The predicted molar refractivity (Wildman–Crippen MR) is 122 cm³/mol. The van der Waals surface area contributed by atoms with Crippen LogP contribution in [0.15, 0.2) is 46.2 Å². The molecule has 3 aromatic rings. The van der Waals surface area contributed by atoms with Crippen molar-refractivity contribution in [2.45, 2.75) is 27.3 Å². The molecule has 8 nitrogen and oxygen atoms in total. The number of aryl methyl sites for hydroxylation is 3. The van der Waals surface area contributed by atoms with Crippen LogP contribution >= 0.6 is 0 Å². The lowest BCUT2D eigenvalue weighted by atomic mass is 10.1. The summed E-state index contributed by atoms with van der Waals surface area (Å²) in [4.78, 5) is 29.4. The number of aromatic nitrogens is 2. The van der Waals surface area contributed by atoms with E-state index < -0.39 is 18.2 Å². The molecule has 2 aromatic carbocycles. The van der Waals surface area contributed by atoms with Gasteiger partial charge in [-0.05, 0) is 50.1 Å². The molecular formula is C24H27N3O5. The molecule has 0 aliphatic heterocycles. The highest BCUT2D eigenvalue weighted by molar-refractivity contribution is 5.70. The van der Waals surface area contributed by atoms with E-state index in [-0.39, 0.29) is 0 Å². The third kappa shape index (κ3) is 4.44. The number of ether oxygens (including phenoxy) is 2. The van der Waals surface area contributed by atoms with Gasteiger partial charge in [-0.3, -0.25) is 13.9 Å². The molecule has 0 radical (unpaired) electrons. The number of hydrogen-bond donors (Lipinski definition) is 1. The number of carboxylic acids is 1. The molecule has 1 N–H and O–H groups in total. The topological polar surface area (TPSA) is 95.1 Å². The Morgan fingerprint density at radius 3 is 2.19 bits per heavy atom. The summed E-state index contributed by atoms with van der Waals surface area (Å²) in [5.74, 6) is -0.124. The Labute approximate surface area is 186 Å². The molecule has 32 heavy (non-hydrogen) atoms. The Morgan fingerprint density at radius 1 is 1.00 bits per heavy atom. The Kier molecular flexibility index (Phi) is 6.53. The minimum Gasteiger partial charge on any atom is -0.493 e. The lowest BCUT2D eigenvalue weighted by Crippen LogP contribution is -2.40. The van der Waals surface area contributed by atoms with E-state index in [0.717, 1.165) is 22.4 Å².